The fourth-order valence-electron chi connectivity index (χ4n) is 18.6. The maximum atomic E-state index is 4.44. The van der Waals surface area contributed by atoms with Gasteiger partial charge in [0.25, 0.3) is 0 Å². The fraction of sp³-hybridized carbons (Fsp3) is 0.406. The van der Waals surface area contributed by atoms with E-state index in [2.05, 4.69) is 542 Å². The molecule has 0 aliphatic rings. The molecule has 6 nitrogen and oxygen atoms in total. The number of aryl methyl sites for hydroxylation is 3. The summed E-state index contributed by atoms with van der Waals surface area (Å²) in [4.78, 5) is 8.79. The Bertz CT molecular complexity index is 6810. The Morgan fingerprint density at radius 3 is 0.681 bits per heavy atom. The number of nitrogens with zero attached hydrogens (tertiary/aromatic N) is 6. The van der Waals surface area contributed by atoms with Crippen LogP contribution in [-0.2, 0) is 59.6 Å². The standard InChI is InChI=1S/C50H60N2.2C22H21N.C14H22.C11H17N.C10H15N.9CH4/c1-46(2,3)31-19-23-39-35(27-31)36-28-32(47(4,5)6)20-24-40(36)51(39)43-17-16-18-44(45(43)50(13,14)15)52-41-25-21-33(48(7,8)9)29-37(41)38-30-34(49(10,11)12)22-26-42(38)52;1-22(2,3)18-12-6-9-15-21(18)23-19-13-7-4-10-16(19)17-11-5-8-14-20(17)23;1-22(2,3)16-12-14-17(15-13-16)23-20-10-6-4-8-18(20)19-9-5-7-11-21(19)23;1-13(2,3)11-7-9-12(10-8-11)14(4,5)6;1-8-6-10(11(3,4)5)7-9(2)12-8;1-8-6-5-7-9(11-8)10(2,3)4;;;;;;;;;/h16-30H,1-15H3;2*4-15H,1-3H3;7-10H,1-6H3;6-7H,1-5H3;5-7H,1-4H3;9*1H4. The van der Waals surface area contributed by atoms with Crippen molar-refractivity contribution in [2.45, 2.75) is 376 Å². The molecular weight excluding hydrogens is 1740 g/mol. The van der Waals surface area contributed by atoms with Gasteiger partial charge in [0.15, 0.2) is 0 Å². The Labute approximate surface area is 877 Å². The zero-order chi connectivity index (χ0) is 98.8. The molecule has 0 aliphatic carbocycles. The van der Waals surface area contributed by atoms with Gasteiger partial charge in [-0.15, -0.1) is 0 Å². The summed E-state index contributed by atoms with van der Waals surface area (Å²) in [5, 5.41) is 10.5. The first kappa shape index (κ1) is 124. The van der Waals surface area contributed by atoms with Crippen LogP contribution >= 0.6 is 0 Å². The Morgan fingerprint density at radius 2 is 0.410 bits per heavy atom. The average Bonchev–Trinajstić information content (AvgIpc) is 1.55. The number of fused-ring (bicyclic) bond motifs is 12. The molecule has 0 N–H and O–H groups in total. The van der Waals surface area contributed by atoms with E-state index < -0.39 is 0 Å². The minimum atomic E-state index is -0.162. The van der Waals surface area contributed by atoms with E-state index in [1.54, 1.807) is 0 Å². The summed E-state index contributed by atoms with van der Waals surface area (Å²) in [5.74, 6) is 0. The average molecular weight is 1940 g/mol. The summed E-state index contributed by atoms with van der Waals surface area (Å²) in [5.41, 5.74) is 34.5. The Morgan fingerprint density at radius 1 is 0.167 bits per heavy atom. The van der Waals surface area contributed by atoms with Crippen molar-refractivity contribution in [3.63, 3.8) is 0 Å². The van der Waals surface area contributed by atoms with Crippen LogP contribution in [0.5, 0.6) is 0 Å². The van der Waals surface area contributed by atoms with Gasteiger partial charge in [0.2, 0.25) is 0 Å². The minimum absolute atomic E-state index is 0. The van der Waals surface area contributed by atoms with Gasteiger partial charge in [-0.3, -0.25) is 9.97 Å². The number of para-hydroxylation sites is 5. The van der Waals surface area contributed by atoms with Crippen LogP contribution in [0.3, 0.4) is 0 Å². The van der Waals surface area contributed by atoms with Crippen LogP contribution in [0.4, 0.5) is 0 Å². The molecule has 6 heterocycles. The van der Waals surface area contributed by atoms with E-state index in [9.17, 15) is 0 Å². The molecule has 0 amide bonds. The highest BCUT2D eigenvalue weighted by molar-refractivity contribution is 6.13. The molecular formula is C138H192N6. The number of aromatic nitrogens is 6. The van der Waals surface area contributed by atoms with Gasteiger partial charge in [0, 0.05) is 88.2 Å². The second kappa shape index (κ2) is 46.7. The molecule has 144 heavy (non-hydrogen) atoms. The van der Waals surface area contributed by atoms with Crippen LogP contribution in [0.15, 0.2) is 291 Å². The van der Waals surface area contributed by atoms with Crippen molar-refractivity contribution in [1.82, 2.24) is 28.2 Å². The van der Waals surface area contributed by atoms with E-state index in [0.717, 1.165) is 22.8 Å². The van der Waals surface area contributed by atoms with Crippen molar-refractivity contribution >= 4 is 87.2 Å². The molecule has 0 fully saturated rings. The third-order valence-electron chi connectivity index (χ3n) is 26.6. The normalized spacial score (nSPS) is 11.9. The summed E-state index contributed by atoms with van der Waals surface area (Å²) in [6.07, 6.45) is 0. The summed E-state index contributed by atoms with van der Waals surface area (Å²) in [6, 6.07) is 107. The Balaban J connectivity index is 0.000000394. The number of pyridine rings is 2. The van der Waals surface area contributed by atoms with Crippen molar-refractivity contribution in [2.75, 3.05) is 0 Å². The largest absolute Gasteiger partial charge is 0.309 e. The van der Waals surface area contributed by atoms with E-state index in [4.69, 9.17) is 0 Å². The summed E-state index contributed by atoms with van der Waals surface area (Å²) < 4.78 is 9.87. The molecule has 0 unspecified atom stereocenters. The number of rotatable bonds is 4. The van der Waals surface area contributed by atoms with Gasteiger partial charge in [-0.25, -0.2) is 0 Å². The maximum absolute atomic E-state index is 4.44. The van der Waals surface area contributed by atoms with Gasteiger partial charge < -0.3 is 18.3 Å². The molecule has 6 heteroatoms. The maximum Gasteiger partial charge on any atom is 0.0541 e. The van der Waals surface area contributed by atoms with Crippen LogP contribution in [0, 0.1) is 20.8 Å². The zero-order valence-corrected chi connectivity index (χ0v) is 88.9. The minimum Gasteiger partial charge on any atom is -0.309 e. The molecule has 6 aromatic heterocycles. The molecule has 774 valence electrons. The van der Waals surface area contributed by atoms with Crippen LogP contribution in [0.1, 0.15) is 374 Å². The van der Waals surface area contributed by atoms with E-state index in [-0.39, 0.29) is 126 Å². The third-order valence-corrected chi connectivity index (χ3v) is 26.6. The lowest BCUT2D eigenvalue weighted by Crippen LogP contribution is -2.19. The van der Waals surface area contributed by atoms with Crippen molar-refractivity contribution in [3.8, 4) is 22.7 Å². The lowest BCUT2D eigenvalue weighted by atomic mass is 9.82. The summed E-state index contributed by atoms with van der Waals surface area (Å²) >= 11 is 0. The fourth-order valence-corrected chi connectivity index (χ4v) is 18.6. The smallest absolute Gasteiger partial charge is 0.0541 e. The monoisotopic (exact) mass is 1930 g/mol. The topological polar surface area (TPSA) is 45.5 Å². The van der Waals surface area contributed by atoms with E-state index in [0.29, 0.717) is 0 Å². The number of benzene rings is 12. The highest BCUT2D eigenvalue weighted by atomic mass is 15.0. The van der Waals surface area contributed by atoms with Crippen LogP contribution in [-0.4, -0.2) is 28.2 Å². The highest BCUT2D eigenvalue weighted by Crippen LogP contribution is 2.47. The van der Waals surface area contributed by atoms with Crippen molar-refractivity contribution in [3.05, 3.63) is 370 Å². The van der Waals surface area contributed by atoms with Crippen LogP contribution in [0.2, 0.25) is 0 Å². The quantitative estimate of drug-likeness (QED) is 0.176. The second-order valence-electron chi connectivity index (χ2n) is 49.2. The second-order valence-corrected chi connectivity index (χ2v) is 49.2. The van der Waals surface area contributed by atoms with Crippen LogP contribution in [0.25, 0.3) is 110 Å². The van der Waals surface area contributed by atoms with Gasteiger partial charge in [0.05, 0.1) is 55.5 Å². The van der Waals surface area contributed by atoms with Gasteiger partial charge in [0.1, 0.15) is 0 Å². The zero-order valence-electron chi connectivity index (χ0n) is 88.9. The molecule has 0 atom stereocenters. The first-order valence-electron chi connectivity index (χ1n) is 49.2. The van der Waals surface area contributed by atoms with Crippen molar-refractivity contribution in [2.24, 2.45) is 0 Å². The highest BCUT2D eigenvalue weighted by Gasteiger charge is 2.32. The van der Waals surface area contributed by atoms with E-state index in [1.807, 2.05) is 26.8 Å². The Kier molecular flexibility index (Phi) is 40.3. The molecule has 0 aliphatic heterocycles. The molecule has 0 saturated heterocycles. The van der Waals surface area contributed by atoms with Gasteiger partial charge >= 0.3 is 0 Å². The SMILES string of the molecule is C.C.C.C.C.C.C.C.C.CC(C)(C)c1ccc(-n2c3ccccc3c3ccccc32)cc1.CC(C)(C)c1ccc(C(C)(C)C)cc1.CC(C)(C)c1ccc2c(c1)c1cc(C(C)(C)C)ccc1n2-c1cccc(-n2c3ccc(C(C)(C)C)cc3c3cc(C(C)(C)C)ccc32)c1C(C)(C)C.CC(C)(C)c1ccccc1-n1c2ccccc2c2ccccc21.Cc1cc(C(C)(C)C)cc(C)n1.Cc1cccc(C(C)(C)C)n1. The first-order chi connectivity index (χ1) is 62.7. The van der Waals surface area contributed by atoms with Gasteiger partial charge in [-0.1, -0.05) is 459 Å². The van der Waals surface area contributed by atoms with Crippen LogP contribution < -0.4 is 0 Å². The lowest BCUT2D eigenvalue weighted by Gasteiger charge is -2.29. The van der Waals surface area contributed by atoms with Gasteiger partial charge in [-0.2, -0.15) is 0 Å². The molecule has 0 saturated carbocycles. The number of hydrogen-bond acceptors (Lipinski definition) is 2. The molecule has 0 spiro atoms. The lowest BCUT2D eigenvalue weighted by molar-refractivity contribution is 0.567. The number of hydrogen-bond donors (Lipinski definition) is 0. The molecule has 12 aromatic carbocycles. The van der Waals surface area contributed by atoms with Gasteiger partial charge in [-0.05, 0) is 252 Å². The van der Waals surface area contributed by atoms with E-state index in [1.165, 1.54) is 166 Å². The molecule has 18 rings (SSSR count). The predicted molar refractivity (Wildman–Crippen MR) is 652 cm³/mol. The predicted octanol–water partition coefficient (Wildman–Crippen LogP) is 42.2. The summed E-state index contributed by atoms with van der Waals surface area (Å²) in [7, 11) is 0. The van der Waals surface area contributed by atoms with E-state index >= 15 is 0 Å². The Hall–Kier alpha value is -11.9. The molecule has 0 bridgehead atoms. The molecule has 0 radical (unpaired) electrons. The third kappa shape index (κ3) is 27.5. The van der Waals surface area contributed by atoms with Crippen molar-refractivity contribution in [1.29, 1.82) is 0 Å². The summed E-state index contributed by atoms with van der Waals surface area (Å²) in [6.45, 7) is 81.3. The first-order valence-corrected chi connectivity index (χ1v) is 49.2. The van der Waals surface area contributed by atoms with Crippen molar-refractivity contribution < 1.29 is 0 Å². The molecule has 18 aromatic rings.